The number of carbonyl (C=O) groups excluding carboxylic acids is 1. The van der Waals surface area contributed by atoms with E-state index in [1.807, 2.05) is 5.32 Å². The van der Waals surface area contributed by atoms with Crippen LogP contribution in [0.2, 0.25) is 0 Å². The van der Waals surface area contributed by atoms with Crippen molar-refractivity contribution in [1.82, 2.24) is 24.9 Å². The molecular formula is C26H42N6O15P2. The third-order valence-electron chi connectivity index (χ3n) is 7.36. The van der Waals surface area contributed by atoms with E-state index in [2.05, 4.69) is 5.32 Å². The van der Waals surface area contributed by atoms with Crippen LogP contribution < -0.4 is 10.6 Å². The molecule has 276 valence electrons. The first-order chi connectivity index (χ1) is 22.7. The number of anilines is 1. The van der Waals surface area contributed by atoms with Crippen molar-refractivity contribution in [3.8, 4) is 0 Å². The van der Waals surface area contributed by atoms with Crippen LogP contribution in [0, 0.1) is 0 Å². The van der Waals surface area contributed by atoms with Crippen molar-refractivity contribution in [1.29, 1.82) is 0 Å². The molecule has 1 atom stereocenters. The van der Waals surface area contributed by atoms with Crippen LogP contribution in [0.5, 0.6) is 0 Å². The topological polar surface area (TPSA) is 318 Å². The highest BCUT2D eigenvalue weighted by molar-refractivity contribution is 7.70. The van der Waals surface area contributed by atoms with Gasteiger partial charge >= 0.3 is 39.1 Å². The molecule has 49 heavy (non-hydrogen) atoms. The monoisotopic (exact) mass is 740 g/mol. The van der Waals surface area contributed by atoms with Gasteiger partial charge in [0.05, 0.1) is 32.7 Å². The highest BCUT2D eigenvalue weighted by Gasteiger charge is 2.43. The minimum Gasteiger partial charge on any atom is -0.480 e. The van der Waals surface area contributed by atoms with Crippen LogP contribution >= 0.6 is 15.2 Å². The van der Waals surface area contributed by atoms with Gasteiger partial charge in [0.2, 0.25) is 11.4 Å². The predicted octanol–water partition coefficient (Wildman–Crippen LogP) is -2.68. The predicted molar refractivity (Wildman–Crippen MR) is 170 cm³/mol. The molecule has 1 aromatic rings. The highest BCUT2D eigenvalue weighted by atomic mass is 31.2. The molecule has 1 heterocycles. The molecule has 1 aliphatic rings. The second kappa shape index (κ2) is 19.2. The lowest BCUT2D eigenvalue weighted by atomic mass is 10.0. The van der Waals surface area contributed by atoms with Gasteiger partial charge in [0.1, 0.15) is 0 Å². The van der Waals surface area contributed by atoms with E-state index in [0.29, 0.717) is 5.56 Å². The summed E-state index contributed by atoms with van der Waals surface area (Å²) in [5, 5.41) is 42.4. The molecule has 0 spiro atoms. The summed E-state index contributed by atoms with van der Waals surface area (Å²) in [5.41, 5.74) is -1.75. The highest BCUT2D eigenvalue weighted by Crippen LogP contribution is 2.58. The number of benzene rings is 1. The fourth-order valence-electron chi connectivity index (χ4n) is 5.17. The Kier molecular flexibility index (Phi) is 16.4. The van der Waals surface area contributed by atoms with Gasteiger partial charge in [0.25, 0.3) is 0 Å². The van der Waals surface area contributed by atoms with E-state index in [1.165, 1.54) is 12.1 Å². The minimum atomic E-state index is -5.31. The van der Waals surface area contributed by atoms with Crippen LogP contribution in [0.1, 0.15) is 5.56 Å². The summed E-state index contributed by atoms with van der Waals surface area (Å²) in [6, 6.07) is 5.46. The maximum absolute atomic E-state index is 12.3. The number of carbonyl (C=O) groups is 5. The molecule has 1 amide bonds. The Balaban J connectivity index is 2.31. The molecule has 1 unspecified atom stereocenters. The molecule has 2 rings (SSSR count). The fraction of sp³-hybridized carbons (Fsp3) is 0.577. The second-order valence-corrected chi connectivity index (χ2v) is 15.2. The lowest BCUT2D eigenvalue weighted by Gasteiger charge is -2.37. The van der Waals surface area contributed by atoms with Gasteiger partial charge < -0.3 is 45.3 Å². The lowest BCUT2D eigenvalue weighted by molar-refractivity contribution is -0.142. The van der Waals surface area contributed by atoms with Crippen molar-refractivity contribution in [2.75, 3.05) is 83.9 Å². The van der Waals surface area contributed by atoms with Gasteiger partial charge in [-0.1, -0.05) is 12.1 Å². The van der Waals surface area contributed by atoms with E-state index in [-0.39, 0.29) is 71.0 Å². The third kappa shape index (κ3) is 16.3. The van der Waals surface area contributed by atoms with Gasteiger partial charge in [-0.05, 0) is 24.1 Å². The van der Waals surface area contributed by atoms with Crippen LogP contribution in [-0.2, 0) is 39.5 Å². The Morgan fingerprint density at radius 3 is 1.55 bits per heavy atom. The Hall–Kier alpha value is -3.33. The smallest absolute Gasteiger partial charge is 0.354 e. The normalized spacial score (nSPS) is 18.3. The molecule has 1 aliphatic heterocycles. The van der Waals surface area contributed by atoms with Crippen molar-refractivity contribution >= 4 is 50.7 Å². The molecule has 23 heteroatoms. The van der Waals surface area contributed by atoms with E-state index in [1.54, 1.807) is 31.7 Å². The zero-order valence-corrected chi connectivity index (χ0v) is 28.1. The first-order valence-electron chi connectivity index (χ1n) is 14.7. The van der Waals surface area contributed by atoms with Gasteiger partial charge in [-0.2, -0.15) is 0 Å². The molecule has 0 saturated carbocycles. The quantitative estimate of drug-likeness (QED) is 0.0772. The first kappa shape index (κ1) is 41.8. The van der Waals surface area contributed by atoms with Gasteiger partial charge in [-0.3, -0.25) is 58.0 Å². The third-order valence-corrected chi connectivity index (χ3v) is 10.8. The maximum Gasteiger partial charge on any atom is 0.354 e. The Morgan fingerprint density at radius 1 is 0.673 bits per heavy atom. The second-order valence-electron chi connectivity index (χ2n) is 11.4. The number of nitrogens with one attached hydrogen (secondary N) is 2. The van der Waals surface area contributed by atoms with Gasteiger partial charge in [-0.15, -0.1) is 0 Å². The summed E-state index contributed by atoms with van der Waals surface area (Å²) in [7, 11) is -10.6. The maximum atomic E-state index is 12.3. The minimum absolute atomic E-state index is 0.0455. The summed E-state index contributed by atoms with van der Waals surface area (Å²) in [4.78, 5) is 102. The van der Waals surface area contributed by atoms with Crippen LogP contribution in [0.25, 0.3) is 0 Å². The molecule has 10 N–H and O–H groups in total. The van der Waals surface area contributed by atoms with Gasteiger partial charge in [0.15, 0.2) is 0 Å². The number of amides is 1. The average molecular weight is 741 g/mol. The first-order valence-corrected chi connectivity index (χ1v) is 18.1. The van der Waals surface area contributed by atoms with Crippen molar-refractivity contribution in [2.24, 2.45) is 0 Å². The average Bonchev–Trinajstić information content (AvgIpc) is 2.93. The van der Waals surface area contributed by atoms with E-state index < -0.39 is 76.2 Å². The number of hydrogen-bond acceptors (Lipinski definition) is 12. The summed E-state index contributed by atoms with van der Waals surface area (Å²) in [5.74, 6) is -5.45. The fourth-order valence-corrected chi connectivity index (χ4v) is 7.40. The number of carboxylic acid groups (broad SMARTS) is 4. The number of rotatable bonds is 16. The van der Waals surface area contributed by atoms with E-state index in [9.17, 15) is 73.1 Å². The molecule has 1 aromatic carbocycles. The van der Waals surface area contributed by atoms with Gasteiger partial charge in [-0.25, -0.2) is 0 Å². The number of carboxylic acids is 4. The summed E-state index contributed by atoms with van der Waals surface area (Å²) < 4.78 is 22.8. The van der Waals surface area contributed by atoms with Crippen molar-refractivity contribution < 1.29 is 73.1 Å². The molecule has 21 nitrogen and oxygen atoms in total. The van der Waals surface area contributed by atoms with Gasteiger partial charge in [0, 0.05) is 57.5 Å². The number of nitrogens with zero attached hydrogens (tertiary/aromatic N) is 4. The van der Waals surface area contributed by atoms with Crippen molar-refractivity contribution in [2.45, 2.75) is 18.0 Å². The van der Waals surface area contributed by atoms with Crippen LogP contribution in [0.15, 0.2) is 24.3 Å². The molecule has 1 saturated heterocycles. The molecule has 1 fully saturated rings. The van der Waals surface area contributed by atoms with Crippen molar-refractivity contribution in [3.05, 3.63) is 29.8 Å². The Morgan fingerprint density at radius 2 is 1.10 bits per heavy atom. The van der Waals surface area contributed by atoms with Crippen LogP contribution in [0.3, 0.4) is 0 Å². The Bertz CT molecular complexity index is 1380. The lowest BCUT2D eigenvalue weighted by Crippen LogP contribution is -2.53. The molecular weight excluding hydrogens is 698 g/mol. The van der Waals surface area contributed by atoms with E-state index in [0.717, 1.165) is 0 Å². The summed E-state index contributed by atoms with van der Waals surface area (Å²) >= 11 is 0. The molecule has 0 aliphatic carbocycles. The van der Waals surface area contributed by atoms with Crippen LogP contribution in [-0.4, -0.2) is 179 Å². The SMILES string of the molecule is O=C(O)CN1CCN(CC(=O)O)CCN(CC(=O)O)C(Cc2ccc(NC(=O)CNC(P(=O)(O)O)P(=O)(O)O)cc2)CN(CC(=O)O)CC1. The van der Waals surface area contributed by atoms with E-state index in [4.69, 9.17) is 0 Å². The van der Waals surface area contributed by atoms with E-state index >= 15 is 0 Å². The zero-order valence-electron chi connectivity index (χ0n) is 26.3. The Labute approximate surface area is 280 Å². The van der Waals surface area contributed by atoms with Crippen LogP contribution in [0.4, 0.5) is 5.69 Å². The van der Waals surface area contributed by atoms with Crippen molar-refractivity contribution in [3.63, 3.8) is 0 Å². The molecule has 0 bridgehead atoms. The molecule has 0 radical (unpaired) electrons. The number of hydrogen-bond donors (Lipinski definition) is 10. The number of aliphatic carboxylic acids is 4. The summed E-state index contributed by atoms with van der Waals surface area (Å²) in [6.07, 6.45) is 0.170. The molecule has 0 aromatic heterocycles. The largest absolute Gasteiger partial charge is 0.480 e. The zero-order chi connectivity index (χ0) is 36.9. The standard InChI is InChI=1S/C26H42N6O15P2/c33-21(12-27-26(48(42,43)44)49(45,46)47)28-19-3-1-18(2-4-19)11-20-13-31(16-24(38)39)8-7-29(14-22(34)35)5-6-30(15-23(36)37)9-10-32(20)17-25(40)41/h1-4,20,26-27H,5-17H2,(H,28,33)(H,34,35)(H,36,37)(H,38,39)(H,40,41)(H2,42,43,44)(H2,45,46,47). The summed E-state index contributed by atoms with van der Waals surface area (Å²) in [6.45, 7) is -1.64.